The summed E-state index contributed by atoms with van der Waals surface area (Å²) < 4.78 is 5.48. The number of ether oxygens (including phenoxy) is 1. The second-order valence-corrected chi connectivity index (χ2v) is 8.71. The number of hydrogen-bond acceptors (Lipinski definition) is 3. The lowest BCUT2D eigenvalue weighted by Crippen LogP contribution is -2.58. The Balaban J connectivity index is 1.67. The highest BCUT2D eigenvalue weighted by Crippen LogP contribution is 2.44. The van der Waals surface area contributed by atoms with Crippen molar-refractivity contribution in [1.29, 1.82) is 0 Å². The molecule has 0 spiro atoms. The van der Waals surface area contributed by atoms with Crippen molar-refractivity contribution in [2.75, 3.05) is 33.3 Å². The highest BCUT2D eigenvalue weighted by atomic mass is 16.5. The molecule has 2 aromatic rings. The number of carbonyl (C=O) groups excluding carboxylic acids is 1. The molecule has 1 unspecified atom stereocenters. The number of likely N-dealkylation sites (tertiary alicyclic amines) is 1. The van der Waals surface area contributed by atoms with E-state index in [0.717, 1.165) is 45.4 Å². The van der Waals surface area contributed by atoms with Crippen LogP contribution < -0.4 is 5.32 Å². The van der Waals surface area contributed by atoms with Gasteiger partial charge in [-0.3, -0.25) is 4.90 Å². The van der Waals surface area contributed by atoms with Crippen molar-refractivity contribution in [3.05, 3.63) is 35.0 Å². The second-order valence-electron chi connectivity index (χ2n) is 8.71. The zero-order chi connectivity index (χ0) is 21.3. The fourth-order valence-corrected chi connectivity index (χ4v) is 5.65. The lowest BCUT2D eigenvalue weighted by molar-refractivity contribution is 0.0973. The molecule has 164 valence electrons. The first-order chi connectivity index (χ1) is 14.6. The van der Waals surface area contributed by atoms with Crippen molar-refractivity contribution in [3.8, 4) is 0 Å². The Morgan fingerprint density at radius 3 is 2.80 bits per heavy atom. The quantitative estimate of drug-likeness (QED) is 0.726. The minimum Gasteiger partial charge on any atom is -0.378 e. The molecule has 1 aromatic heterocycles. The summed E-state index contributed by atoms with van der Waals surface area (Å²) in [5, 5.41) is 4.73. The lowest BCUT2D eigenvalue weighted by Gasteiger charge is -2.47. The van der Waals surface area contributed by atoms with Gasteiger partial charge in [0.25, 0.3) is 0 Å². The molecular formula is C24H36N4O2. The fraction of sp³-hybridized carbons (Fsp3) is 0.625. The molecule has 1 aromatic carbocycles. The average molecular weight is 413 g/mol. The summed E-state index contributed by atoms with van der Waals surface area (Å²) in [6, 6.07) is 7.37. The maximum absolute atomic E-state index is 12.7. The average Bonchev–Trinajstić information content (AvgIpc) is 3.09. The van der Waals surface area contributed by atoms with E-state index in [1.165, 1.54) is 27.7 Å². The number of hydrogen-bond donors (Lipinski definition) is 2. The third-order valence-corrected chi connectivity index (χ3v) is 6.97. The smallest absolute Gasteiger partial charge is 0.317 e. The van der Waals surface area contributed by atoms with Gasteiger partial charge in [-0.05, 0) is 56.8 Å². The highest BCUT2D eigenvalue weighted by molar-refractivity contribution is 5.89. The van der Waals surface area contributed by atoms with Crippen LogP contribution in [0.2, 0.25) is 0 Å². The van der Waals surface area contributed by atoms with Gasteiger partial charge in [-0.1, -0.05) is 19.1 Å². The number of amides is 2. The maximum atomic E-state index is 12.7. The fourth-order valence-electron chi connectivity index (χ4n) is 5.65. The van der Waals surface area contributed by atoms with E-state index >= 15 is 0 Å². The van der Waals surface area contributed by atoms with E-state index in [0.29, 0.717) is 18.6 Å². The first kappa shape index (κ1) is 21.2. The molecule has 2 N–H and O–H groups in total. The van der Waals surface area contributed by atoms with Gasteiger partial charge in [-0.2, -0.15) is 0 Å². The Bertz CT molecular complexity index is 889. The van der Waals surface area contributed by atoms with Crippen LogP contribution in [0.5, 0.6) is 0 Å². The molecule has 2 aliphatic rings. The van der Waals surface area contributed by atoms with Crippen molar-refractivity contribution in [3.63, 3.8) is 0 Å². The van der Waals surface area contributed by atoms with E-state index in [9.17, 15) is 4.79 Å². The molecule has 1 aliphatic heterocycles. The van der Waals surface area contributed by atoms with Gasteiger partial charge in [-0.25, -0.2) is 4.79 Å². The number of fused-ring (bicyclic) bond motifs is 2. The number of urea groups is 1. The molecule has 6 heteroatoms. The molecule has 1 saturated heterocycles. The number of methoxy groups -OCH3 is 1. The van der Waals surface area contributed by atoms with Crippen LogP contribution in [-0.4, -0.2) is 66.2 Å². The van der Waals surface area contributed by atoms with Gasteiger partial charge in [0.05, 0.1) is 6.61 Å². The number of aromatic nitrogens is 1. The Morgan fingerprint density at radius 1 is 1.30 bits per heavy atom. The predicted molar refractivity (Wildman–Crippen MR) is 121 cm³/mol. The SMILES string of the molecule is CCCN1C[C@@H](NC(=O)N(CC)CC)CC2c3cccc4[nH]c(COC)c(c34)C[C@H]21. The summed E-state index contributed by atoms with van der Waals surface area (Å²) in [6.07, 6.45) is 3.17. The number of H-pyrrole nitrogens is 1. The van der Waals surface area contributed by atoms with Gasteiger partial charge < -0.3 is 19.9 Å². The molecular weight excluding hydrogens is 376 g/mol. The Hall–Kier alpha value is -2.05. The van der Waals surface area contributed by atoms with Crippen LogP contribution in [0.25, 0.3) is 10.9 Å². The van der Waals surface area contributed by atoms with Gasteiger partial charge in [0.2, 0.25) is 0 Å². The predicted octanol–water partition coefficient (Wildman–Crippen LogP) is 3.86. The topological polar surface area (TPSA) is 60.6 Å². The summed E-state index contributed by atoms with van der Waals surface area (Å²) in [5.41, 5.74) is 5.28. The zero-order valence-corrected chi connectivity index (χ0v) is 18.8. The zero-order valence-electron chi connectivity index (χ0n) is 18.8. The van der Waals surface area contributed by atoms with Crippen molar-refractivity contribution < 1.29 is 9.53 Å². The van der Waals surface area contributed by atoms with Gasteiger partial charge in [-0.15, -0.1) is 0 Å². The van der Waals surface area contributed by atoms with Gasteiger partial charge in [0.1, 0.15) is 0 Å². The van der Waals surface area contributed by atoms with E-state index in [1.54, 1.807) is 7.11 Å². The van der Waals surface area contributed by atoms with Crippen molar-refractivity contribution in [1.82, 2.24) is 20.1 Å². The number of benzene rings is 1. The number of rotatable bonds is 7. The molecule has 0 bridgehead atoms. The van der Waals surface area contributed by atoms with Gasteiger partial charge >= 0.3 is 6.03 Å². The molecule has 2 amide bonds. The number of nitrogens with one attached hydrogen (secondary N) is 2. The molecule has 3 atom stereocenters. The van der Waals surface area contributed by atoms with Crippen molar-refractivity contribution >= 4 is 16.9 Å². The normalized spacial score (nSPS) is 23.4. The highest BCUT2D eigenvalue weighted by Gasteiger charge is 2.41. The van der Waals surface area contributed by atoms with E-state index < -0.39 is 0 Å². The molecule has 0 radical (unpaired) electrons. The number of aromatic amines is 1. The Morgan fingerprint density at radius 2 is 2.10 bits per heavy atom. The monoisotopic (exact) mass is 412 g/mol. The second kappa shape index (κ2) is 8.98. The Kier molecular flexibility index (Phi) is 6.34. The van der Waals surface area contributed by atoms with E-state index in [-0.39, 0.29) is 12.1 Å². The molecule has 1 aliphatic carbocycles. The van der Waals surface area contributed by atoms with E-state index in [4.69, 9.17) is 4.74 Å². The van der Waals surface area contributed by atoms with Crippen LogP contribution >= 0.6 is 0 Å². The summed E-state index contributed by atoms with van der Waals surface area (Å²) in [7, 11) is 1.76. The van der Waals surface area contributed by atoms with Crippen LogP contribution in [0, 0.1) is 0 Å². The first-order valence-corrected chi connectivity index (χ1v) is 11.5. The summed E-state index contributed by atoms with van der Waals surface area (Å²) in [6.45, 7) is 10.4. The molecule has 30 heavy (non-hydrogen) atoms. The van der Waals surface area contributed by atoms with Crippen molar-refractivity contribution in [2.45, 2.75) is 64.6 Å². The maximum Gasteiger partial charge on any atom is 0.317 e. The summed E-state index contributed by atoms with van der Waals surface area (Å²) >= 11 is 0. The number of carbonyl (C=O) groups is 1. The number of piperidine rings is 1. The molecule has 1 fully saturated rings. The van der Waals surface area contributed by atoms with Crippen LogP contribution in [-0.2, 0) is 17.8 Å². The van der Waals surface area contributed by atoms with E-state index in [2.05, 4.69) is 40.3 Å². The largest absolute Gasteiger partial charge is 0.378 e. The third-order valence-electron chi connectivity index (χ3n) is 6.97. The van der Waals surface area contributed by atoms with Crippen LogP contribution in [0.15, 0.2) is 18.2 Å². The third kappa shape index (κ3) is 3.71. The standard InChI is InChI=1S/C24H36N4O2/c1-5-11-28-14-16(25-24(29)27(6-2)7-3)12-18-17-9-8-10-20-23(17)19(13-22(18)28)21(26-20)15-30-4/h8-10,16,18,22,26H,5-7,11-15H2,1-4H3,(H,25,29)/t16-,18?,22+/m0/s1. The van der Waals surface area contributed by atoms with Gasteiger partial charge in [0.15, 0.2) is 0 Å². The summed E-state index contributed by atoms with van der Waals surface area (Å²) in [5.74, 6) is 0.440. The molecule has 0 saturated carbocycles. The number of nitrogens with zero attached hydrogens (tertiary/aromatic N) is 2. The minimum absolute atomic E-state index is 0.0682. The summed E-state index contributed by atoms with van der Waals surface area (Å²) in [4.78, 5) is 20.8. The molecule has 2 heterocycles. The Labute approximate surface area is 179 Å². The van der Waals surface area contributed by atoms with Crippen molar-refractivity contribution in [2.24, 2.45) is 0 Å². The van der Waals surface area contributed by atoms with Crippen LogP contribution in [0.4, 0.5) is 4.79 Å². The molecule has 6 nitrogen and oxygen atoms in total. The van der Waals surface area contributed by atoms with Crippen LogP contribution in [0.1, 0.15) is 56.4 Å². The lowest BCUT2D eigenvalue weighted by atomic mass is 9.73. The minimum atomic E-state index is 0.0682. The van der Waals surface area contributed by atoms with Crippen LogP contribution in [0.3, 0.4) is 0 Å². The van der Waals surface area contributed by atoms with Gasteiger partial charge in [0, 0.05) is 61.3 Å². The molecule has 4 rings (SSSR count). The first-order valence-electron chi connectivity index (χ1n) is 11.5. The van der Waals surface area contributed by atoms with E-state index in [1.807, 2.05) is 18.7 Å².